The van der Waals surface area contributed by atoms with E-state index in [9.17, 15) is 9.59 Å². The van der Waals surface area contributed by atoms with Crippen molar-refractivity contribution in [3.63, 3.8) is 0 Å². The van der Waals surface area contributed by atoms with Crippen LogP contribution in [-0.2, 0) is 20.7 Å². The molecule has 21 heavy (non-hydrogen) atoms. The highest BCUT2D eigenvalue weighted by molar-refractivity contribution is 5.84. The maximum absolute atomic E-state index is 11.8. The Labute approximate surface area is 123 Å². The lowest BCUT2D eigenvalue weighted by molar-refractivity contribution is -0.140. The van der Waals surface area contributed by atoms with Gasteiger partial charge in [0.1, 0.15) is 0 Å². The van der Waals surface area contributed by atoms with Crippen LogP contribution in [0.15, 0.2) is 30.5 Å². The second-order valence-electron chi connectivity index (χ2n) is 4.89. The first-order valence-corrected chi connectivity index (χ1v) is 7.09. The molecule has 2 N–H and O–H groups in total. The fourth-order valence-corrected chi connectivity index (χ4v) is 2.24. The van der Waals surface area contributed by atoms with Crippen molar-refractivity contribution in [3.05, 3.63) is 36.0 Å². The Morgan fingerprint density at radius 1 is 1.24 bits per heavy atom. The number of carbonyl (C=O) groups excluding carboxylic acids is 2. The summed E-state index contributed by atoms with van der Waals surface area (Å²) < 4.78 is 4.54. The molecule has 0 saturated carbocycles. The summed E-state index contributed by atoms with van der Waals surface area (Å²) in [5.41, 5.74) is 2.24. The topological polar surface area (TPSA) is 71.2 Å². The zero-order valence-electron chi connectivity index (χ0n) is 12.1. The van der Waals surface area contributed by atoms with E-state index in [1.807, 2.05) is 24.4 Å². The van der Waals surface area contributed by atoms with Crippen LogP contribution in [0, 0.1) is 0 Å². The van der Waals surface area contributed by atoms with E-state index < -0.39 is 0 Å². The van der Waals surface area contributed by atoms with Crippen LogP contribution in [0.3, 0.4) is 0 Å². The first kappa shape index (κ1) is 15.1. The summed E-state index contributed by atoms with van der Waals surface area (Å²) in [7, 11) is 1.36. The fraction of sp³-hybridized carbons (Fsp3) is 0.375. The third kappa shape index (κ3) is 4.34. The van der Waals surface area contributed by atoms with Crippen molar-refractivity contribution in [2.75, 3.05) is 13.7 Å². The standard InChI is InChI=1S/C16H20N2O3/c1-21-16(20)7-4-10-17-15(19)9-8-12-11-18-14-6-3-2-5-13(12)14/h2-3,5-6,11,18H,4,7-10H2,1H3,(H,17,19). The molecular weight excluding hydrogens is 268 g/mol. The third-order valence-electron chi connectivity index (χ3n) is 3.40. The number of hydrogen-bond acceptors (Lipinski definition) is 3. The molecule has 0 aliphatic heterocycles. The van der Waals surface area contributed by atoms with Gasteiger partial charge in [-0.15, -0.1) is 0 Å². The van der Waals surface area contributed by atoms with Crippen molar-refractivity contribution in [2.45, 2.75) is 25.7 Å². The number of aromatic nitrogens is 1. The van der Waals surface area contributed by atoms with Crippen LogP contribution in [0.25, 0.3) is 10.9 Å². The van der Waals surface area contributed by atoms with Gasteiger partial charge in [0.15, 0.2) is 0 Å². The minimum absolute atomic E-state index is 0.00477. The second kappa shape index (κ2) is 7.47. The average molecular weight is 288 g/mol. The van der Waals surface area contributed by atoms with Crippen LogP contribution in [0.4, 0.5) is 0 Å². The van der Waals surface area contributed by atoms with E-state index in [1.54, 1.807) is 0 Å². The number of nitrogens with one attached hydrogen (secondary N) is 2. The lowest BCUT2D eigenvalue weighted by Gasteiger charge is -2.04. The molecule has 0 atom stereocenters. The van der Waals surface area contributed by atoms with Gasteiger partial charge in [-0.25, -0.2) is 0 Å². The van der Waals surface area contributed by atoms with Gasteiger partial charge in [-0.2, -0.15) is 0 Å². The molecule has 2 rings (SSSR count). The van der Waals surface area contributed by atoms with Crippen molar-refractivity contribution in [1.29, 1.82) is 0 Å². The molecule has 1 aromatic carbocycles. The third-order valence-corrected chi connectivity index (χ3v) is 3.40. The Kier molecular flexibility index (Phi) is 5.37. The maximum Gasteiger partial charge on any atom is 0.305 e. The number of H-pyrrole nitrogens is 1. The first-order chi connectivity index (χ1) is 10.2. The summed E-state index contributed by atoms with van der Waals surface area (Å²) in [6.45, 7) is 0.502. The highest BCUT2D eigenvalue weighted by Crippen LogP contribution is 2.18. The number of hydrogen-bond donors (Lipinski definition) is 2. The summed E-state index contributed by atoms with van der Waals surface area (Å²) in [5.74, 6) is -0.242. The van der Waals surface area contributed by atoms with E-state index in [0.29, 0.717) is 32.2 Å². The molecule has 2 aromatic rings. The Hall–Kier alpha value is -2.30. The van der Waals surface area contributed by atoms with Gasteiger partial charge >= 0.3 is 5.97 Å². The molecule has 5 heteroatoms. The van der Waals surface area contributed by atoms with E-state index >= 15 is 0 Å². The Balaban J connectivity index is 1.73. The predicted octanol–water partition coefficient (Wildman–Crippen LogP) is 2.17. The number of rotatable bonds is 7. The van der Waals surface area contributed by atoms with Gasteiger partial charge < -0.3 is 15.0 Å². The van der Waals surface area contributed by atoms with Crippen molar-refractivity contribution < 1.29 is 14.3 Å². The van der Waals surface area contributed by atoms with E-state index in [0.717, 1.165) is 16.5 Å². The summed E-state index contributed by atoms with van der Waals surface area (Å²) in [4.78, 5) is 25.9. The average Bonchev–Trinajstić information content (AvgIpc) is 2.92. The highest BCUT2D eigenvalue weighted by Gasteiger charge is 2.07. The molecule has 1 aromatic heterocycles. The van der Waals surface area contributed by atoms with Gasteiger partial charge in [0, 0.05) is 36.5 Å². The molecule has 112 valence electrons. The molecule has 0 aliphatic rings. The van der Waals surface area contributed by atoms with Crippen molar-refractivity contribution >= 4 is 22.8 Å². The van der Waals surface area contributed by atoms with Gasteiger partial charge in [-0.3, -0.25) is 9.59 Å². The lowest BCUT2D eigenvalue weighted by Crippen LogP contribution is -2.25. The molecule has 1 heterocycles. The van der Waals surface area contributed by atoms with Gasteiger partial charge in [0.05, 0.1) is 7.11 Å². The number of methoxy groups -OCH3 is 1. The van der Waals surface area contributed by atoms with Crippen LogP contribution in [0.5, 0.6) is 0 Å². The van der Waals surface area contributed by atoms with Crippen LogP contribution >= 0.6 is 0 Å². The number of para-hydroxylation sites is 1. The Morgan fingerprint density at radius 3 is 2.86 bits per heavy atom. The van der Waals surface area contributed by atoms with E-state index in [2.05, 4.69) is 21.1 Å². The van der Waals surface area contributed by atoms with Gasteiger partial charge in [0.25, 0.3) is 0 Å². The zero-order chi connectivity index (χ0) is 15.1. The number of amides is 1. The Bertz CT molecular complexity index is 619. The molecule has 0 unspecified atom stereocenters. The van der Waals surface area contributed by atoms with E-state index in [4.69, 9.17) is 0 Å². The molecule has 0 fully saturated rings. The van der Waals surface area contributed by atoms with Crippen molar-refractivity contribution in [1.82, 2.24) is 10.3 Å². The van der Waals surface area contributed by atoms with Crippen molar-refractivity contribution in [3.8, 4) is 0 Å². The second-order valence-corrected chi connectivity index (χ2v) is 4.89. The molecule has 0 bridgehead atoms. The molecule has 0 aliphatic carbocycles. The van der Waals surface area contributed by atoms with Gasteiger partial charge in [-0.1, -0.05) is 18.2 Å². The van der Waals surface area contributed by atoms with Crippen LogP contribution in [-0.4, -0.2) is 30.5 Å². The van der Waals surface area contributed by atoms with Crippen molar-refractivity contribution in [2.24, 2.45) is 0 Å². The SMILES string of the molecule is COC(=O)CCCNC(=O)CCc1c[nH]c2ccccc12. The Morgan fingerprint density at radius 2 is 2.05 bits per heavy atom. The van der Waals surface area contributed by atoms with Crippen LogP contribution in [0.2, 0.25) is 0 Å². The monoisotopic (exact) mass is 288 g/mol. The summed E-state index contributed by atoms with van der Waals surface area (Å²) in [6, 6.07) is 8.05. The van der Waals surface area contributed by atoms with Gasteiger partial charge in [0.2, 0.25) is 5.91 Å². The summed E-state index contributed by atoms with van der Waals surface area (Å²) in [6.07, 6.45) is 4.03. The van der Waals surface area contributed by atoms with E-state index in [1.165, 1.54) is 7.11 Å². The number of ether oxygens (including phenoxy) is 1. The molecule has 0 radical (unpaired) electrons. The predicted molar refractivity (Wildman–Crippen MR) is 80.9 cm³/mol. The normalized spacial score (nSPS) is 10.5. The quantitative estimate of drug-likeness (QED) is 0.606. The van der Waals surface area contributed by atoms with Crippen LogP contribution < -0.4 is 5.32 Å². The molecule has 1 amide bonds. The number of aryl methyl sites for hydroxylation is 1. The first-order valence-electron chi connectivity index (χ1n) is 7.09. The number of benzene rings is 1. The number of esters is 1. The summed E-state index contributed by atoms with van der Waals surface area (Å²) in [5, 5.41) is 3.98. The highest BCUT2D eigenvalue weighted by atomic mass is 16.5. The largest absolute Gasteiger partial charge is 0.469 e. The minimum atomic E-state index is -0.247. The lowest BCUT2D eigenvalue weighted by atomic mass is 10.1. The minimum Gasteiger partial charge on any atom is -0.469 e. The molecule has 0 saturated heterocycles. The fourth-order valence-electron chi connectivity index (χ4n) is 2.24. The molecule has 0 spiro atoms. The molecular formula is C16H20N2O3. The van der Waals surface area contributed by atoms with Gasteiger partial charge in [-0.05, 0) is 24.5 Å². The maximum atomic E-state index is 11.8. The smallest absolute Gasteiger partial charge is 0.305 e. The number of fused-ring (bicyclic) bond motifs is 1. The number of carbonyl (C=O) groups is 2. The van der Waals surface area contributed by atoms with E-state index in [-0.39, 0.29) is 11.9 Å². The molecule has 5 nitrogen and oxygen atoms in total. The number of aromatic amines is 1. The summed E-state index contributed by atoms with van der Waals surface area (Å²) >= 11 is 0. The zero-order valence-corrected chi connectivity index (χ0v) is 12.1. The van der Waals surface area contributed by atoms with Crippen LogP contribution in [0.1, 0.15) is 24.8 Å².